The molecule has 1 aromatic rings. The van der Waals surface area contributed by atoms with Crippen LogP contribution in [0, 0.1) is 0 Å². The molecular weight excluding hydrogens is 178 g/mol. The highest BCUT2D eigenvalue weighted by atomic mass is 15.3. The fourth-order valence-corrected chi connectivity index (χ4v) is 1.25. The van der Waals surface area contributed by atoms with Crippen molar-refractivity contribution in [2.24, 2.45) is 5.84 Å². The van der Waals surface area contributed by atoms with Crippen molar-refractivity contribution in [2.45, 2.75) is 19.9 Å². The standard InChI is InChI=1S/C9H17N5/c1-3-4-14(2)7-8-5-12-9(13-10)6-11-8/h5-6H,3-4,7,10H2,1-2H3,(H,12,13). The molecule has 0 radical (unpaired) electrons. The summed E-state index contributed by atoms with van der Waals surface area (Å²) in [5, 5.41) is 0. The third-order valence-electron chi connectivity index (χ3n) is 1.89. The summed E-state index contributed by atoms with van der Waals surface area (Å²) in [6.45, 7) is 4.05. The fraction of sp³-hybridized carbons (Fsp3) is 0.556. The third-order valence-corrected chi connectivity index (χ3v) is 1.89. The van der Waals surface area contributed by atoms with Crippen LogP contribution in [-0.2, 0) is 6.54 Å². The summed E-state index contributed by atoms with van der Waals surface area (Å²) in [6.07, 6.45) is 4.52. The average molecular weight is 195 g/mol. The topological polar surface area (TPSA) is 67.1 Å². The Balaban J connectivity index is 2.50. The highest BCUT2D eigenvalue weighted by Crippen LogP contribution is 2.01. The van der Waals surface area contributed by atoms with Gasteiger partial charge in [-0.05, 0) is 20.0 Å². The molecule has 0 saturated heterocycles. The first-order valence-corrected chi connectivity index (χ1v) is 4.72. The molecule has 78 valence electrons. The summed E-state index contributed by atoms with van der Waals surface area (Å²) < 4.78 is 0. The van der Waals surface area contributed by atoms with Gasteiger partial charge in [-0.1, -0.05) is 6.92 Å². The first-order valence-electron chi connectivity index (χ1n) is 4.72. The summed E-state index contributed by atoms with van der Waals surface area (Å²) in [7, 11) is 2.07. The van der Waals surface area contributed by atoms with Crippen LogP contribution in [0.5, 0.6) is 0 Å². The number of hydrazine groups is 1. The number of rotatable bonds is 5. The lowest BCUT2D eigenvalue weighted by molar-refractivity contribution is 0.323. The summed E-state index contributed by atoms with van der Waals surface area (Å²) in [4.78, 5) is 10.5. The molecule has 1 aromatic heterocycles. The molecule has 5 nitrogen and oxygen atoms in total. The Morgan fingerprint density at radius 2 is 2.21 bits per heavy atom. The van der Waals surface area contributed by atoms with Crippen LogP contribution in [0.3, 0.4) is 0 Å². The predicted molar refractivity (Wildman–Crippen MR) is 56.5 cm³/mol. The minimum atomic E-state index is 0.590. The maximum absolute atomic E-state index is 5.19. The predicted octanol–water partition coefficient (Wildman–Crippen LogP) is 0.604. The van der Waals surface area contributed by atoms with Gasteiger partial charge in [-0.2, -0.15) is 0 Å². The Hall–Kier alpha value is -1.20. The lowest BCUT2D eigenvalue weighted by atomic mass is 10.4. The zero-order valence-electron chi connectivity index (χ0n) is 8.70. The van der Waals surface area contributed by atoms with Crippen LogP contribution in [0.2, 0.25) is 0 Å². The summed E-state index contributed by atoms with van der Waals surface area (Å²) in [6, 6.07) is 0. The van der Waals surface area contributed by atoms with Crippen molar-refractivity contribution >= 4 is 5.82 Å². The molecule has 0 bridgehead atoms. The molecule has 14 heavy (non-hydrogen) atoms. The molecule has 5 heteroatoms. The van der Waals surface area contributed by atoms with E-state index < -0.39 is 0 Å². The van der Waals surface area contributed by atoms with Crippen LogP contribution < -0.4 is 11.3 Å². The minimum Gasteiger partial charge on any atom is -0.307 e. The lowest BCUT2D eigenvalue weighted by Gasteiger charge is -2.14. The number of nitrogens with zero attached hydrogens (tertiary/aromatic N) is 3. The molecule has 1 heterocycles. The van der Waals surface area contributed by atoms with Crippen molar-refractivity contribution in [3.05, 3.63) is 18.1 Å². The second kappa shape index (κ2) is 5.51. The van der Waals surface area contributed by atoms with Gasteiger partial charge in [0.05, 0.1) is 18.1 Å². The zero-order valence-corrected chi connectivity index (χ0v) is 8.70. The van der Waals surface area contributed by atoms with E-state index in [1.165, 1.54) is 0 Å². The lowest BCUT2D eigenvalue weighted by Crippen LogP contribution is -2.19. The van der Waals surface area contributed by atoms with Gasteiger partial charge in [0.1, 0.15) is 0 Å². The average Bonchev–Trinajstić information content (AvgIpc) is 2.19. The Bertz CT molecular complexity index is 258. The second-order valence-corrected chi connectivity index (χ2v) is 3.28. The molecule has 0 atom stereocenters. The minimum absolute atomic E-state index is 0.590. The largest absolute Gasteiger partial charge is 0.307 e. The Morgan fingerprint density at radius 3 is 2.71 bits per heavy atom. The molecule has 0 spiro atoms. The van der Waals surface area contributed by atoms with Crippen molar-refractivity contribution in [1.29, 1.82) is 0 Å². The Morgan fingerprint density at radius 1 is 1.43 bits per heavy atom. The van der Waals surface area contributed by atoms with Crippen molar-refractivity contribution in [2.75, 3.05) is 19.0 Å². The molecule has 0 fully saturated rings. The smallest absolute Gasteiger partial charge is 0.158 e. The van der Waals surface area contributed by atoms with E-state index in [1.807, 2.05) is 0 Å². The van der Waals surface area contributed by atoms with Gasteiger partial charge in [-0.3, -0.25) is 4.98 Å². The second-order valence-electron chi connectivity index (χ2n) is 3.28. The van der Waals surface area contributed by atoms with Crippen LogP contribution in [0.25, 0.3) is 0 Å². The van der Waals surface area contributed by atoms with Crippen LogP contribution in [0.4, 0.5) is 5.82 Å². The number of nitrogens with one attached hydrogen (secondary N) is 1. The van der Waals surface area contributed by atoms with Crippen LogP contribution in [0.15, 0.2) is 12.4 Å². The molecule has 0 aliphatic rings. The van der Waals surface area contributed by atoms with Crippen LogP contribution >= 0.6 is 0 Å². The van der Waals surface area contributed by atoms with E-state index in [0.717, 1.165) is 25.2 Å². The fourth-order valence-electron chi connectivity index (χ4n) is 1.25. The number of nitrogens with two attached hydrogens (primary N) is 1. The highest BCUT2D eigenvalue weighted by molar-refractivity contribution is 5.28. The van der Waals surface area contributed by atoms with E-state index in [9.17, 15) is 0 Å². The monoisotopic (exact) mass is 195 g/mol. The van der Waals surface area contributed by atoms with Crippen molar-refractivity contribution in [3.8, 4) is 0 Å². The van der Waals surface area contributed by atoms with E-state index in [0.29, 0.717) is 5.82 Å². The van der Waals surface area contributed by atoms with E-state index >= 15 is 0 Å². The Kier molecular flexibility index (Phi) is 4.28. The number of anilines is 1. The quantitative estimate of drug-likeness (QED) is 0.532. The highest BCUT2D eigenvalue weighted by Gasteiger charge is 2.00. The number of hydrogen-bond donors (Lipinski definition) is 2. The van der Waals surface area contributed by atoms with E-state index in [-0.39, 0.29) is 0 Å². The first-order chi connectivity index (χ1) is 6.76. The maximum atomic E-state index is 5.19. The van der Waals surface area contributed by atoms with Gasteiger partial charge in [0.15, 0.2) is 5.82 Å². The molecule has 0 saturated carbocycles. The molecule has 3 N–H and O–H groups in total. The zero-order chi connectivity index (χ0) is 10.4. The van der Waals surface area contributed by atoms with Crippen LogP contribution in [-0.4, -0.2) is 28.5 Å². The van der Waals surface area contributed by atoms with Gasteiger partial charge >= 0.3 is 0 Å². The maximum Gasteiger partial charge on any atom is 0.158 e. The van der Waals surface area contributed by atoms with Crippen molar-refractivity contribution in [1.82, 2.24) is 14.9 Å². The molecular formula is C9H17N5. The van der Waals surface area contributed by atoms with Gasteiger partial charge in [-0.25, -0.2) is 10.8 Å². The van der Waals surface area contributed by atoms with Gasteiger partial charge in [0.25, 0.3) is 0 Å². The van der Waals surface area contributed by atoms with E-state index in [2.05, 4.69) is 34.3 Å². The van der Waals surface area contributed by atoms with Crippen molar-refractivity contribution < 1.29 is 0 Å². The molecule has 0 amide bonds. The number of nitrogen functional groups attached to an aromatic ring is 1. The molecule has 0 aliphatic heterocycles. The number of aromatic nitrogens is 2. The number of hydrogen-bond acceptors (Lipinski definition) is 5. The van der Waals surface area contributed by atoms with E-state index in [4.69, 9.17) is 5.84 Å². The molecule has 0 aromatic carbocycles. The van der Waals surface area contributed by atoms with Crippen molar-refractivity contribution in [3.63, 3.8) is 0 Å². The molecule has 1 rings (SSSR count). The Labute approximate surface area is 84.3 Å². The first kappa shape index (κ1) is 10.9. The normalized spacial score (nSPS) is 10.6. The molecule has 0 unspecified atom stereocenters. The summed E-state index contributed by atoms with van der Waals surface area (Å²) in [5.41, 5.74) is 3.40. The SMILES string of the molecule is CCCN(C)Cc1cnc(NN)cn1. The van der Waals surface area contributed by atoms with Gasteiger partial charge < -0.3 is 10.3 Å². The third kappa shape index (κ3) is 3.27. The summed E-state index contributed by atoms with van der Waals surface area (Å²) in [5.74, 6) is 5.78. The van der Waals surface area contributed by atoms with Gasteiger partial charge in [0, 0.05) is 6.54 Å². The van der Waals surface area contributed by atoms with Gasteiger partial charge in [-0.15, -0.1) is 0 Å². The van der Waals surface area contributed by atoms with Gasteiger partial charge in [0.2, 0.25) is 0 Å². The summed E-state index contributed by atoms with van der Waals surface area (Å²) >= 11 is 0. The van der Waals surface area contributed by atoms with E-state index in [1.54, 1.807) is 12.4 Å². The van der Waals surface area contributed by atoms with Crippen LogP contribution in [0.1, 0.15) is 19.0 Å². The molecule has 0 aliphatic carbocycles.